The number of hydrogen-bond donors (Lipinski definition) is 1. The fourth-order valence-corrected chi connectivity index (χ4v) is 6.24. The molecule has 0 spiro atoms. The molecule has 1 aromatic heterocycles. The van der Waals surface area contributed by atoms with Gasteiger partial charge in [-0.2, -0.15) is 13.2 Å². The van der Waals surface area contributed by atoms with Crippen LogP contribution in [0.2, 0.25) is 5.02 Å². The first-order valence-corrected chi connectivity index (χ1v) is 14.2. The van der Waals surface area contributed by atoms with Gasteiger partial charge in [0, 0.05) is 27.9 Å². The molecule has 0 aliphatic heterocycles. The van der Waals surface area contributed by atoms with Gasteiger partial charge in [-0.1, -0.05) is 63.6 Å². The molecule has 210 valence electrons. The van der Waals surface area contributed by atoms with Gasteiger partial charge in [0.2, 0.25) is 0 Å². The lowest BCUT2D eigenvalue weighted by Gasteiger charge is -2.31. The van der Waals surface area contributed by atoms with Gasteiger partial charge in [-0.3, -0.25) is 4.79 Å². The second kappa shape index (κ2) is 11.8. The van der Waals surface area contributed by atoms with E-state index in [1.807, 2.05) is 24.3 Å². The van der Waals surface area contributed by atoms with E-state index in [0.29, 0.717) is 10.9 Å². The minimum atomic E-state index is -4.41. The molecule has 3 nitrogen and oxygen atoms in total. The third-order valence-electron chi connectivity index (χ3n) is 7.80. The van der Waals surface area contributed by atoms with Gasteiger partial charge < -0.3 is 9.67 Å². The second-order valence-electron chi connectivity index (χ2n) is 11.4. The molecule has 7 heteroatoms. The average Bonchev–Trinajstić information content (AvgIpc) is 3.20. The number of hydrogen-bond acceptors (Lipinski definition) is 1. The molecule has 3 aromatic rings. The summed E-state index contributed by atoms with van der Waals surface area (Å²) in [6, 6.07) is 13.1. The molecule has 4 rings (SSSR count). The Bertz CT molecular complexity index is 1290. The monoisotopic (exact) mass is 559 g/mol. The Hall–Kier alpha value is -2.73. The molecule has 0 saturated carbocycles. The van der Waals surface area contributed by atoms with Crippen molar-refractivity contribution >= 4 is 17.6 Å². The summed E-state index contributed by atoms with van der Waals surface area (Å²) in [4.78, 5) is 12.0. The van der Waals surface area contributed by atoms with Gasteiger partial charge in [0.05, 0.1) is 18.0 Å². The second-order valence-corrected chi connectivity index (χ2v) is 11.9. The van der Waals surface area contributed by atoms with E-state index in [0.717, 1.165) is 72.3 Å². The highest BCUT2D eigenvalue weighted by molar-refractivity contribution is 6.30. The van der Waals surface area contributed by atoms with Crippen LogP contribution >= 0.6 is 11.6 Å². The number of carbonyl (C=O) groups is 1. The zero-order chi connectivity index (χ0) is 28.5. The maximum absolute atomic E-state index is 13.4. The van der Waals surface area contributed by atoms with Crippen LogP contribution in [0.4, 0.5) is 13.2 Å². The third kappa shape index (κ3) is 6.37. The van der Waals surface area contributed by atoms with Crippen molar-refractivity contribution in [3.05, 3.63) is 81.6 Å². The van der Waals surface area contributed by atoms with Crippen molar-refractivity contribution < 1.29 is 23.1 Å². The summed E-state index contributed by atoms with van der Waals surface area (Å²) >= 11 is 6.23. The van der Waals surface area contributed by atoms with E-state index in [-0.39, 0.29) is 24.3 Å². The number of rotatable bonds is 9. The number of halogens is 4. The molecule has 0 radical (unpaired) electrons. The van der Waals surface area contributed by atoms with E-state index in [1.165, 1.54) is 5.56 Å². The number of carboxylic acids is 1. The normalized spacial score (nSPS) is 16.5. The number of fused-ring (bicyclic) bond motifs is 1. The molecule has 0 bridgehead atoms. The lowest BCUT2D eigenvalue weighted by Crippen LogP contribution is -2.23. The third-order valence-corrected chi connectivity index (χ3v) is 8.06. The fraction of sp³-hybridized carbons (Fsp3) is 0.469. The Kier molecular flexibility index (Phi) is 8.85. The van der Waals surface area contributed by atoms with Crippen LogP contribution in [0.25, 0.3) is 11.1 Å². The molecule has 1 aliphatic carbocycles. The highest BCUT2D eigenvalue weighted by atomic mass is 35.5. The van der Waals surface area contributed by atoms with Crippen LogP contribution in [0.5, 0.6) is 0 Å². The average molecular weight is 560 g/mol. The Morgan fingerprint density at radius 2 is 1.67 bits per heavy atom. The summed E-state index contributed by atoms with van der Waals surface area (Å²) in [7, 11) is 0. The van der Waals surface area contributed by atoms with E-state index in [4.69, 9.17) is 11.6 Å². The summed E-state index contributed by atoms with van der Waals surface area (Å²) in [5.74, 6) is -0.502. The Morgan fingerprint density at radius 1 is 1.03 bits per heavy atom. The topological polar surface area (TPSA) is 42.2 Å². The molecule has 2 aromatic carbocycles. The number of aliphatic carboxylic acids is 1. The molecule has 1 N–H and O–H groups in total. The molecule has 0 amide bonds. The summed E-state index contributed by atoms with van der Waals surface area (Å²) < 4.78 is 42.6. The summed E-state index contributed by atoms with van der Waals surface area (Å²) in [5, 5.41) is 10.5. The molecule has 0 fully saturated rings. The molecular weight excluding hydrogens is 523 g/mol. The lowest BCUT2D eigenvalue weighted by molar-refractivity contribution is -0.138. The van der Waals surface area contributed by atoms with E-state index >= 15 is 0 Å². The number of nitrogens with zero attached hydrogens (tertiary/aromatic N) is 1. The van der Waals surface area contributed by atoms with Gasteiger partial charge in [-0.25, -0.2) is 0 Å². The highest BCUT2D eigenvalue weighted by Gasteiger charge is 2.36. The minimum absolute atomic E-state index is 0.0263. The number of benzene rings is 2. The van der Waals surface area contributed by atoms with Crippen LogP contribution in [-0.2, 0) is 17.4 Å². The van der Waals surface area contributed by atoms with Crippen LogP contribution in [0, 0.1) is 5.92 Å². The van der Waals surface area contributed by atoms with Gasteiger partial charge in [0.25, 0.3) is 0 Å². The van der Waals surface area contributed by atoms with Crippen molar-refractivity contribution in [3.63, 3.8) is 0 Å². The Labute approximate surface area is 234 Å². The first-order chi connectivity index (χ1) is 18.4. The van der Waals surface area contributed by atoms with Crippen molar-refractivity contribution in [2.24, 2.45) is 5.92 Å². The predicted octanol–water partition coefficient (Wildman–Crippen LogP) is 9.87. The van der Waals surface area contributed by atoms with Crippen LogP contribution in [0.1, 0.15) is 106 Å². The zero-order valence-electron chi connectivity index (χ0n) is 23.0. The Balaban J connectivity index is 2.02. The molecule has 0 saturated heterocycles. The van der Waals surface area contributed by atoms with Crippen molar-refractivity contribution in [2.75, 3.05) is 0 Å². The largest absolute Gasteiger partial charge is 0.481 e. The van der Waals surface area contributed by atoms with Gasteiger partial charge in [0.1, 0.15) is 0 Å². The van der Waals surface area contributed by atoms with Crippen LogP contribution in [0.3, 0.4) is 0 Å². The molecule has 2 atom stereocenters. The van der Waals surface area contributed by atoms with E-state index in [2.05, 4.69) is 32.3 Å². The fourth-order valence-electron chi connectivity index (χ4n) is 6.12. The molecule has 1 aliphatic rings. The van der Waals surface area contributed by atoms with Gasteiger partial charge >= 0.3 is 12.1 Å². The van der Waals surface area contributed by atoms with Crippen molar-refractivity contribution in [2.45, 2.75) is 90.3 Å². The number of alkyl halides is 3. The van der Waals surface area contributed by atoms with E-state index < -0.39 is 17.7 Å². The highest BCUT2D eigenvalue weighted by Crippen LogP contribution is 2.48. The zero-order valence-corrected chi connectivity index (χ0v) is 23.7. The summed E-state index contributed by atoms with van der Waals surface area (Å²) in [6.07, 6.45) is -0.261. The maximum Gasteiger partial charge on any atom is 0.416 e. The SMILES string of the molecule is CC(C)CC[C@@H](c1ccc(C(F)(F)F)cc1)n1c(C(C)C)c(-c2ccc(Cl)cc2)c2c1C(CC(=O)O)CCC2. The number of aromatic nitrogens is 1. The molecule has 1 heterocycles. The minimum Gasteiger partial charge on any atom is -0.481 e. The van der Waals surface area contributed by atoms with Gasteiger partial charge in [-0.05, 0) is 84.9 Å². The lowest BCUT2D eigenvalue weighted by atomic mass is 9.82. The van der Waals surface area contributed by atoms with Gasteiger partial charge in [0.15, 0.2) is 0 Å². The van der Waals surface area contributed by atoms with Crippen LogP contribution in [0.15, 0.2) is 48.5 Å². The van der Waals surface area contributed by atoms with Gasteiger partial charge in [-0.15, -0.1) is 0 Å². The first-order valence-electron chi connectivity index (χ1n) is 13.8. The predicted molar refractivity (Wildman–Crippen MR) is 151 cm³/mol. The molecule has 1 unspecified atom stereocenters. The quantitative estimate of drug-likeness (QED) is 0.283. The van der Waals surface area contributed by atoms with Crippen molar-refractivity contribution in [1.82, 2.24) is 4.57 Å². The maximum atomic E-state index is 13.4. The number of carboxylic acid groups (broad SMARTS) is 1. The van der Waals surface area contributed by atoms with Crippen LogP contribution in [-0.4, -0.2) is 15.6 Å². The van der Waals surface area contributed by atoms with Crippen LogP contribution < -0.4 is 0 Å². The molecular formula is C32H37ClF3NO2. The van der Waals surface area contributed by atoms with Crippen molar-refractivity contribution in [3.8, 4) is 11.1 Å². The Morgan fingerprint density at radius 3 is 2.21 bits per heavy atom. The summed E-state index contributed by atoms with van der Waals surface area (Å²) in [5.41, 5.74) is 5.60. The standard InChI is InChI=1S/C32H37ClF3NO2/c1-19(2)8-17-27(21-9-13-24(14-10-21)32(34,35)36)37-30(20(3)4)29(22-11-15-25(33)16-12-22)26-7-5-6-23(31(26)37)18-28(38)39/h9-16,19-20,23,27H,5-8,17-18H2,1-4H3,(H,38,39)/t23?,27-/m0/s1. The van der Waals surface area contributed by atoms with Crippen molar-refractivity contribution in [1.29, 1.82) is 0 Å². The van der Waals surface area contributed by atoms with E-state index in [9.17, 15) is 23.1 Å². The van der Waals surface area contributed by atoms with E-state index in [1.54, 1.807) is 12.1 Å². The summed E-state index contributed by atoms with van der Waals surface area (Å²) in [6.45, 7) is 8.56. The smallest absolute Gasteiger partial charge is 0.416 e. The first kappa shape index (κ1) is 29.3. The molecule has 39 heavy (non-hydrogen) atoms.